The van der Waals surface area contributed by atoms with Crippen LogP contribution in [0.5, 0.6) is 0 Å². The number of nitrogens with two attached hydrogens (primary N) is 2. The quantitative estimate of drug-likeness (QED) is 0.0393. The van der Waals surface area contributed by atoms with Gasteiger partial charge in [-0.2, -0.15) is 0 Å². The normalized spacial score (nSPS) is 12.6. The lowest BCUT2D eigenvalue weighted by Gasteiger charge is -2.24. The minimum atomic E-state index is -1.20. The highest BCUT2D eigenvalue weighted by molar-refractivity contribution is 5.93. The number of ketones is 2. The van der Waals surface area contributed by atoms with Crippen molar-refractivity contribution in [1.29, 1.82) is 0 Å². The van der Waals surface area contributed by atoms with Crippen LogP contribution >= 0.6 is 0 Å². The number of Topliss-reactive ketones (excluding diaryl/α,β-unsaturated/α-hetero) is 2. The van der Waals surface area contributed by atoms with Crippen LogP contribution in [0, 0.1) is 5.92 Å². The summed E-state index contributed by atoms with van der Waals surface area (Å²) >= 11 is 0. The molecule has 0 unspecified atom stereocenters. The number of aliphatic hydroxyl groups is 1. The van der Waals surface area contributed by atoms with Crippen molar-refractivity contribution >= 4 is 53.2 Å². The standard InChI is InChI=1S/C26H39N3O7.C17H32N4O5.CH4O/c1-18(30)11-9-15-28-24(33)22(29-25(34)35-17-20-12-7-6-8-13-20)19(2)23(32)27-16-10-14-21(31)36-26(3,4)5;1-11(22)7-5-9-20-15(24)13(18)14(19)16(25)21-10-6-8-12(23)26-17(2,3)4;1-2/h6-8,12-13,19,22H,9-11,14-17H2,1-5H3,(H,27,32)(H,28,33)(H,29,34);13-14H,5-10,18-19H2,1-4H3,(H,20,24)(H,21,25);2H,1H3/t19-,22+;13-,14+;/m01./s1. The number of alkyl carbamates (subject to hydrolysis) is 1. The van der Waals surface area contributed by atoms with Crippen molar-refractivity contribution < 1.29 is 62.5 Å². The maximum atomic E-state index is 12.8. The SMILES string of the molecule is CC(=O)CCCNC(=O)[C@H](N)[C@H](N)C(=O)NCCCC(=O)OC(C)(C)C.CC(=O)CCCNC(=O)[C@H](NC(=O)OCc1ccccc1)[C@H](C)C(=O)NCCCC(=O)OC(C)(C)C.CO. The monoisotopic (exact) mass is 910 g/mol. The van der Waals surface area contributed by atoms with E-state index >= 15 is 0 Å². The first-order chi connectivity index (χ1) is 29.8. The van der Waals surface area contributed by atoms with Crippen molar-refractivity contribution in [2.75, 3.05) is 33.3 Å². The molecule has 0 aliphatic rings. The Morgan fingerprint density at radius 3 is 1.31 bits per heavy atom. The number of benzene rings is 1. The minimum absolute atomic E-state index is 0.00235. The molecule has 0 saturated carbocycles. The zero-order chi connectivity index (χ0) is 49.5. The number of nitrogens with one attached hydrogen (secondary N) is 5. The molecule has 4 atom stereocenters. The van der Waals surface area contributed by atoms with Crippen LogP contribution in [0.25, 0.3) is 0 Å². The van der Waals surface area contributed by atoms with Gasteiger partial charge >= 0.3 is 18.0 Å². The Morgan fingerprint density at radius 1 is 0.578 bits per heavy atom. The van der Waals surface area contributed by atoms with Gasteiger partial charge < -0.3 is 67.0 Å². The molecule has 0 bridgehead atoms. The zero-order valence-corrected chi connectivity index (χ0v) is 39.4. The molecule has 0 spiro atoms. The average molecular weight is 910 g/mol. The third kappa shape index (κ3) is 32.2. The number of carbonyl (C=O) groups is 9. The molecule has 364 valence electrons. The molecule has 10 N–H and O–H groups in total. The largest absolute Gasteiger partial charge is 0.460 e. The molecule has 64 heavy (non-hydrogen) atoms. The Morgan fingerprint density at radius 2 is 0.938 bits per heavy atom. The van der Waals surface area contributed by atoms with Crippen molar-refractivity contribution in [2.45, 2.75) is 150 Å². The van der Waals surface area contributed by atoms with E-state index in [2.05, 4.69) is 26.6 Å². The summed E-state index contributed by atoms with van der Waals surface area (Å²) in [5.41, 5.74) is 11.0. The number of rotatable bonds is 25. The van der Waals surface area contributed by atoms with Crippen molar-refractivity contribution in [2.24, 2.45) is 17.4 Å². The first kappa shape index (κ1) is 60.6. The number of hydrogen-bond donors (Lipinski definition) is 8. The first-order valence-corrected chi connectivity index (χ1v) is 21.3. The van der Waals surface area contributed by atoms with Gasteiger partial charge in [0, 0.05) is 59.0 Å². The fourth-order valence-electron chi connectivity index (χ4n) is 5.07. The van der Waals surface area contributed by atoms with Crippen LogP contribution in [-0.4, -0.2) is 121 Å². The van der Waals surface area contributed by atoms with Gasteiger partial charge in [0.1, 0.15) is 47.5 Å². The van der Waals surface area contributed by atoms with Crippen LogP contribution in [0.2, 0.25) is 0 Å². The Bertz CT molecular complexity index is 1610. The second-order valence-corrected chi connectivity index (χ2v) is 16.7. The van der Waals surface area contributed by atoms with Gasteiger partial charge in [-0.25, -0.2) is 4.79 Å². The number of hydrogen-bond acceptors (Lipinski definition) is 15. The summed E-state index contributed by atoms with van der Waals surface area (Å²) in [5.74, 6) is -3.76. The number of aliphatic hydroxyl groups excluding tert-OH is 1. The van der Waals surface area contributed by atoms with E-state index in [9.17, 15) is 43.2 Å². The van der Waals surface area contributed by atoms with E-state index in [1.807, 2.05) is 18.2 Å². The van der Waals surface area contributed by atoms with Gasteiger partial charge in [0.25, 0.3) is 0 Å². The Balaban J connectivity index is 0. The summed E-state index contributed by atoms with van der Waals surface area (Å²) in [5, 5.41) is 19.9. The average Bonchev–Trinajstić information content (AvgIpc) is 3.21. The van der Waals surface area contributed by atoms with Crippen LogP contribution in [0.4, 0.5) is 4.79 Å². The zero-order valence-electron chi connectivity index (χ0n) is 39.4. The molecule has 0 heterocycles. The van der Waals surface area contributed by atoms with Crippen molar-refractivity contribution in [3.05, 3.63) is 35.9 Å². The molecule has 20 nitrogen and oxygen atoms in total. The molecule has 1 rings (SSSR count). The highest BCUT2D eigenvalue weighted by atomic mass is 16.6. The Kier molecular flexibility index (Phi) is 31.3. The summed E-state index contributed by atoms with van der Waals surface area (Å²) < 4.78 is 15.6. The highest BCUT2D eigenvalue weighted by Crippen LogP contribution is 2.11. The van der Waals surface area contributed by atoms with Crippen LogP contribution < -0.4 is 38.1 Å². The summed E-state index contributed by atoms with van der Waals surface area (Å²) in [7, 11) is 1.00. The van der Waals surface area contributed by atoms with Gasteiger partial charge in [-0.1, -0.05) is 37.3 Å². The minimum Gasteiger partial charge on any atom is -0.460 e. The molecule has 0 aliphatic heterocycles. The van der Waals surface area contributed by atoms with E-state index < -0.39 is 65.0 Å². The van der Waals surface area contributed by atoms with E-state index in [0.29, 0.717) is 38.5 Å². The third-order valence-corrected chi connectivity index (χ3v) is 8.24. The molecule has 1 aromatic rings. The molecule has 0 aliphatic carbocycles. The second kappa shape index (κ2) is 33.1. The lowest BCUT2D eigenvalue weighted by atomic mass is 10.00. The second-order valence-electron chi connectivity index (χ2n) is 16.7. The van der Waals surface area contributed by atoms with Crippen LogP contribution in [-0.2, 0) is 59.2 Å². The molecule has 1 aromatic carbocycles. The lowest BCUT2D eigenvalue weighted by Crippen LogP contribution is -2.58. The number of esters is 2. The van der Waals surface area contributed by atoms with Gasteiger partial charge in [0.05, 0.1) is 5.92 Å². The molecule has 0 aromatic heterocycles. The van der Waals surface area contributed by atoms with Crippen molar-refractivity contribution in [3.8, 4) is 0 Å². The first-order valence-electron chi connectivity index (χ1n) is 21.3. The van der Waals surface area contributed by atoms with E-state index in [1.165, 1.54) is 20.8 Å². The van der Waals surface area contributed by atoms with E-state index in [-0.39, 0.29) is 69.1 Å². The summed E-state index contributed by atoms with van der Waals surface area (Å²) in [6, 6.07) is 5.44. The van der Waals surface area contributed by atoms with E-state index in [4.69, 9.17) is 30.8 Å². The van der Waals surface area contributed by atoms with E-state index in [0.717, 1.165) is 12.7 Å². The highest BCUT2D eigenvalue weighted by Gasteiger charge is 2.32. The molecule has 0 saturated heterocycles. The fraction of sp³-hybridized carbons (Fsp3) is 0.659. The summed E-state index contributed by atoms with van der Waals surface area (Å²) in [6.45, 7) is 16.0. The van der Waals surface area contributed by atoms with Crippen LogP contribution in [0.3, 0.4) is 0 Å². The summed E-state index contributed by atoms with van der Waals surface area (Å²) in [6.07, 6.45) is 1.82. The van der Waals surface area contributed by atoms with Crippen LogP contribution in [0.15, 0.2) is 30.3 Å². The topological polar surface area (TPSA) is 314 Å². The number of amides is 5. The van der Waals surface area contributed by atoms with Gasteiger partial charge in [-0.3, -0.25) is 28.8 Å². The van der Waals surface area contributed by atoms with Gasteiger partial charge in [-0.05, 0) is 86.6 Å². The van der Waals surface area contributed by atoms with Crippen molar-refractivity contribution in [3.63, 3.8) is 0 Å². The predicted molar refractivity (Wildman–Crippen MR) is 239 cm³/mol. The number of carbonyl (C=O) groups excluding carboxylic acids is 9. The van der Waals surface area contributed by atoms with Gasteiger partial charge in [-0.15, -0.1) is 0 Å². The Labute approximate surface area is 377 Å². The summed E-state index contributed by atoms with van der Waals surface area (Å²) in [4.78, 5) is 107. The predicted octanol–water partition coefficient (Wildman–Crippen LogP) is 1.61. The number of ether oxygens (including phenoxy) is 3. The third-order valence-electron chi connectivity index (χ3n) is 8.24. The molecular weight excluding hydrogens is 835 g/mol. The van der Waals surface area contributed by atoms with E-state index in [1.54, 1.807) is 53.7 Å². The fourth-order valence-corrected chi connectivity index (χ4v) is 5.07. The molecular formula is C44H75N7O13. The molecule has 5 amide bonds. The van der Waals surface area contributed by atoms with Gasteiger partial charge in [0.2, 0.25) is 23.6 Å². The van der Waals surface area contributed by atoms with Gasteiger partial charge in [0.15, 0.2) is 0 Å². The Hall–Kier alpha value is -5.47. The molecule has 0 radical (unpaired) electrons. The van der Waals surface area contributed by atoms with Crippen molar-refractivity contribution in [1.82, 2.24) is 26.6 Å². The molecule has 20 heteroatoms. The smallest absolute Gasteiger partial charge is 0.408 e. The lowest BCUT2D eigenvalue weighted by molar-refractivity contribution is -0.156. The maximum absolute atomic E-state index is 12.8. The maximum Gasteiger partial charge on any atom is 0.408 e. The molecule has 0 fully saturated rings. The van der Waals surface area contributed by atoms with Crippen LogP contribution in [0.1, 0.15) is 119 Å².